The van der Waals surface area contributed by atoms with E-state index in [1.165, 1.54) is 10.8 Å². The SMILES string of the molecule is O=C(/C=C/c1cccc(Cl)c1)n1nnc2ccccc21. The minimum atomic E-state index is -0.251. The van der Waals surface area contributed by atoms with Gasteiger partial charge in [-0.3, -0.25) is 4.79 Å². The summed E-state index contributed by atoms with van der Waals surface area (Å²) in [5, 5.41) is 8.44. The largest absolute Gasteiger partial charge is 0.272 e. The third-order valence-corrected chi connectivity index (χ3v) is 3.06. The first-order valence-corrected chi connectivity index (χ1v) is 6.40. The average Bonchev–Trinajstić information content (AvgIpc) is 2.89. The van der Waals surface area contributed by atoms with Crippen LogP contribution in [0.5, 0.6) is 0 Å². The molecule has 20 heavy (non-hydrogen) atoms. The molecule has 0 saturated carbocycles. The number of aromatic nitrogens is 3. The first-order chi connectivity index (χ1) is 9.74. The summed E-state index contributed by atoms with van der Waals surface area (Å²) >= 11 is 5.89. The van der Waals surface area contributed by atoms with Crippen molar-refractivity contribution in [1.29, 1.82) is 0 Å². The highest BCUT2D eigenvalue weighted by Crippen LogP contribution is 2.13. The molecule has 4 nitrogen and oxygen atoms in total. The van der Waals surface area contributed by atoms with E-state index in [0.29, 0.717) is 16.1 Å². The molecule has 0 unspecified atom stereocenters. The van der Waals surface area contributed by atoms with E-state index >= 15 is 0 Å². The Morgan fingerprint density at radius 3 is 2.85 bits per heavy atom. The van der Waals surface area contributed by atoms with Crippen LogP contribution in [0.2, 0.25) is 5.02 Å². The molecular weight excluding hydrogens is 274 g/mol. The van der Waals surface area contributed by atoms with Crippen molar-refractivity contribution in [3.8, 4) is 0 Å². The molecular formula is C15H10ClN3O. The Labute approximate surface area is 120 Å². The predicted octanol–water partition coefficient (Wildman–Crippen LogP) is 3.44. The molecule has 3 aromatic rings. The average molecular weight is 284 g/mol. The van der Waals surface area contributed by atoms with E-state index in [1.54, 1.807) is 24.3 Å². The molecule has 3 rings (SSSR count). The summed E-state index contributed by atoms with van der Waals surface area (Å²) in [6.07, 6.45) is 3.15. The maximum absolute atomic E-state index is 12.1. The van der Waals surface area contributed by atoms with Crippen LogP contribution >= 0.6 is 11.6 Å². The van der Waals surface area contributed by atoms with Crippen LogP contribution in [0.1, 0.15) is 10.4 Å². The van der Waals surface area contributed by atoms with E-state index in [1.807, 2.05) is 30.3 Å². The molecule has 0 aliphatic rings. The Kier molecular flexibility index (Phi) is 3.31. The molecule has 0 N–H and O–H groups in total. The lowest BCUT2D eigenvalue weighted by atomic mass is 10.2. The Morgan fingerprint density at radius 1 is 1.15 bits per heavy atom. The van der Waals surface area contributed by atoms with E-state index in [2.05, 4.69) is 10.3 Å². The number of hydrogen-bond donors (Lipinski definition) is 0. The van der Waals surface area contributed by atoms with Gasteiger partial charge >= 0.3 is 0 Å². The minimum absolute atomic E-state index is 0.251. The number of nitrogens with zero attached hydrogens (tertiary/aromatic N) is 3. The number of carbonyl (C=O) groups excluding carboxylic acids is 1. The standard InChI is InChI=1S/C15H10ClN3O/c16-12-5-3-4-11(10-12)8-9-15(20)19-14-7-2-1-6-13(14)17-18-19/h1-10H/b9-8+. The maximum atomic E-state index is 12.1. The summed E-state index contributed by atoms with van der Waals surface area (Å²) in [4.78, 5) is 12.1. The summed E-state index contributed by atoms with van der Waals surface area (Å²) in [6, 6.07) is 14.6. The topological polar surface area (TPSA) is 47.8 Å². The number of carbonyl (C=O) groups is 1. The van der Waals surface area contributed by atoms with Gasteiger partial charge in [0.2, 0.25) is 0 Å². The Morgan fingerprint density at radius 2 is 2.00 bits per heavy atom. The highest BCUT2D eigenvalue weighted by Gasteiger charge is 2.08. The van der Waals surface area contributed by atoms with Crippen molar-refractivity contribution in [3.63, 3.8) is 0 Å². The van der Waals surface area contributed by atoms with Gasteiger partial charge in [-0.1, -0.05) is 41.1 Å². The van der Waals surface area contributed by atoms with Crippen molar-refractivity contribution in [2.45, 2.75) is 0 Å². The van der Waals surface area contributed by atoms with Crippen molar-refractivity contribution >= 4 is 34.6 Å². The summed E-state index contributed by atoms with van der Waals surface area (Å²) in [5.74, 6) is -0.251. The fourth-order valence-electron chi connectivity index (χ4n) is 1.88. The molecule has 2 aromatic carbocycles. The van der Waals surface area contributed by atoms with Crippen molar-refractivity contribution in [3.05, 3.63) is 65.2 Å². The Hall–Kier alpha value is -2.46. The molecule has 0 amide bonds. The van der Waals surface area contributed by atoms with Crippen LogP contribution in [0.15, 0.2) is 54.6 Å². The Balaban J connectivity index is 1.90. The molecule has 0 aliphatic heterocycles. The molecule has 1 heterocycles. The van der Waals surface area contributed by atoms with Gasteiger partial charge in [0.05, 0.1) is 5.52 Å². The maximum Gasteiger partial charge on any atom is 0.272 e. The minimum Gasteiger partial charge on any atom is -0.267 e. The van der Waals surface area contributed by atoms with Crippen molar-refractivity contribution in [2.75, 3.05) is 0 Å². The first-order valence-electron chi connectivity index (χ1n) is 6.02. The monoisotopic (exact) mass is 283 g/mol. The number of allylic oxidation sites excluding steroid dienone is 1. The number of halogens is 1. The number of para-hydroxylation sites is 1. The molecule has 0 saturated heterocycles. The van der Waals surface area contributed by atoms with Gasteiger partial charge in [0.15, 0.2) is 0 Å². The zero-order chi connectivity index (χ0) is 13.9. The van der Waals surface area contributed by atoms with E-state index in [9.17, 15) is 4.79 Å². The van der Waals surface area contributed by atoms with Crippen LogP contribution in [0.3, 0.4) is 0 Å². The zero-order valence-electron chi connectivity index (χ0n) is 10.4. The molecule has 0 radical (unpaired) electrons. The zero-order valence-corrected chi connectivity index (χ0v) is 11.2. The second-order valence-corrected chi connectivity index (χ2v) is 4.65. The molecule has 1 aromatic heterocycles. The van der Waals surface area contributed by atoms with Crippen molar-refractivity contribution in [1.82, 2.24) is 15.0 Å². The van der Waals surface area contributed by atoms with E-state index < -0.39 is 0 Å². The van der Waals surface area contributed by atoms with Crippen LogP contribution in [0, 0.1) is 0 Å². The normalized spacial score (nSPS) is 11.2. The molecule has 0 bridgehead atoms. The number of benzene rings is 2. The fraction of sp³-hybridized carbons (Fsp3) is 0. The molecule has 0 aliphatic carbocycles. The van der Waals surface area contributed by atoms with Crippen molar-refractivity contribution in [2.24, 2.45) is 0 Å². The van der Waals surface area contributed by atoms with E-state index in [-0.39, 0.29) is 5.91 Å². The molecule has 5 heteroatoms. The number of fused-ring (bicyclic) bond motifs is 1. The van der Waals surface area contributed by atoms with Crippen LogP contribution in [0.25, 0.3) is 17.1 Å². The summed E-state index contributed by atoms with van der Waals surface area (Å²) in [5.41, 5.74) is 2.24. The van der Waals surface area contributed by atoms with Gasteiger partial charge in [-0.05, 0) is 35.9 Å². The summed E-state index contributed by atoms with van der Waals surface area (Å²) in [7, 11) is 0. The lowest BCUT2D eigenvalue weighted by molar-refractivity contribution is 0.0958. The molecule has 0 fully saturated rings. The summed E-state index contributed by atoms with van der Waals surface area (Å²) in [6.45, 7) is 0. The van der Waals surface area contributed by atoms with E-state index in [0.717, 1.165) is 5.56 Å². The van der Waals surface area contributed by atoms with Crippen LogP contribution < -0.4 is 0 Å². The quantitative estimate of drug-likeness (QED) is 0.677. The van der Waals surface area contributed by atoms with Crippen LogP contribution in [-0.2, 0) is 0 Å². The second kappa shape index (κ2) is 5.27. The fourth-order valence-corrected chi connectivity index (χ4v) is 2.08. The predicted molar refractivity (Wildman–Crippen MR) is 78.6 cm³/mol. The molecule has 0 spiro atoms. The van der Waals surface area contributed by atoms with Gasteiger partial charge < -0.3 is 0 Å². The highest BCUT2D eigenvalue weighted by molar-refractivity contribution is 6.30. The molecule has 98 valence electrons. The van der Waals surface area contributed by atoms with Crippen molar-refractivity contribution < 1.29 is 4.79 Å². The van der Waals surface area contributed by atoms with Gasteiger partial charge in [-0.15, -0.1) is 5.10 Å². The number of rotatable bonds is 2. The first kappa shape index (κ1) is 12.6. The van der Waals surface area contributed by atoms with Gasteiger partial charge in [0.1, 0.15) is 5.52 Å². The lowest BCUT2D eigenvalue weighted by Gasteiger charge is -1.96. The Bertz CT molecular complexity index is 807. The smallest absolute Gasteiger partial charge is 0.267 e. The van der Waals surface area contributed by atoms with Crippen LogP contribution in [-0.4, -0.2) is 20.9 Å². The van der Waals surface area contributed by atoms with Gasteiger partial charge in [0, 0.05) is 11.1 Å². The van der Waals surface area contributed by atoms with Gasteiger partial charge in [-0.25, -0.2) is 0 Å². The highest BCUT2D eigenvalue weighted by atomic mass is 35.5. The third kappa shape index (κ3) is 2.46. The third-order valence-electron chi connectivity index (χ3n) is 2.83. The summed E-state index contributed by atoms with van der Waals surface area (Å²) < 4.78 is 1.27. The van der Waals surface area contributed by atoms with Gasteiger partial charge in [0.25, 0.3) is 5.91 Å². The second-order valence-electron chi connectivity index (χ2n) is 4.22. The van der Waals surface area contributed by atoms with E-state index in [4.69, 9.17) is 11.6 Å². The number of hydrogen-bond acceptors (Lipinski definition) is 3. The molecule has 0 atom stereocenters. The lowest BCUT2D eigenvalue weighted by Crippen LogP contribution is -2.08. The van der Waals surface area contributed by atoms with Gasteiger partial charge in [-0.2, -0.15) is 4.68 Å². The van der Waals surface area contributed by atoms with Crippen LogP contribution in [0.4, 0.5) is 0 Å².